The van der Waals surface area contributed by atoms with Crippen LogP contribution in [0.1, 0.15) is 32.9 Å². The van der Waals surface area contributed by atoms with Gasteiger partial charge in [-0.05, 0) is 41.4 Å². The predicted molar refractivity (Wildman–Crippen MR) is 82.6 cm³/mol. The summed E-state index contributed by atoms with van der Waals surface area (Å²) in [4.78, 5) is 8.43. The van der Waals surface area contributed by atoms with Crippen LogP contribution in [0.25, 0.3) is 11.0 Å². The van der Waals surface area contributed by atoms with Crippen LogP contribution >= 0.6 is 22.6 Å². The summed E-state index contributed by atoms with van der Waals surface area (Å²) in [5.41, 5.74) is 6.81. The van der Waals surface area contributed by atoms with Gasteiger partial charge in [-0.15, -0.1) is 0 Å². The van der Waals surface area contributed by atoms with Crippen LogP contribution in [0.4, 0.5) is 5.82 Å². The summed E-state index contributed by atoms with van der Waals surface area (Å²) in [6.45, 7) is 4.41. The molecule has 2 N–H and O–H groups in total. The summed E-state index contributed by atoms with van der Waals surface area (Å²) in [6, 6.07) is 0. The van der Waals surface area contributed by atoms with Crippen LogP contribution in [-0.4, -0.2) is 20.6 Å². The number of hydrogen-bond acceptors (Lipinski definition) is 4. The highest BCUT2D eigenvalue weighted by Gasteiger charge is 2.33. The molecule has 3 rings (SSSR count). The molecule has 0 spiro atoms. The van der Waals surface area contributed by atoms with Crippen molar-refractivity contribution in [2.45, 2.75) is 39.0 Å². The highest BCUT2D eigenvalue weighted by molar-refractivity contribution is 14.1. The molecule has 3 heterocycles. The minimum Gasteiger partial charge on any atom is -0.383 e. The van der Waals surface area contributed by atoms with E-state index >= 15 is 0 Å². The Balaban J connectivity index is 2.05. The molecular weight excluding hydrogens is 355 g/mol. The molecule has 102 valence electrons. The number of nitrogen functional groups attached to an aromatic ring is 1. The normalized spacial score (nSPS) is 27.2. The minimum atomic E-state index is 0.0558. The van der Waals surface area contributed by atoms with E-state index in [1.54, 1.807) is 0 Å². The molecule has 0 unspecified atom stereocenters. The van der Waals surface area contributed by atoms with Crippen LogP contribution < -0.4 is 5.73 Å². The number of hydrogen-bond donors (Lipinski definition) is 1. The standard InChI is InChI=1S/C13H17IN4O/c1-3-9-7(2)4-10(19-9)18-5-8(14)11-12(15)16-6-17-13(11)18/h5-7,9-10H,3-4H2,1-2H3,(H2,15,16,17)/t7-,9+,10+/m0/s1. The summed E-state index contributed by atoms with van der Waals surface area (Å²) >= 11 is 2.27. The number of nitrogens with zero attached hydrogens (tertiary/aromatic N) is 3. The van der Waals surface area contributed by atoms with Crippen molar-refractivity contribution in [2.24, 2.45) is 5.92 Å². The van der Waals surface area contributed by atoms with Crippen LogP contribution in [0.5, 0.6) is 0 Å². The Morgan fingerprint density at radius 3 is 3.00 bits per heavy atom. The Hall–Kier alpha value is -0.890. The lowest BCUT2D eigenvalue weighted by Crippen LogP contribution is -2.12. The van der Waals surface area contributed by atoms with Gasteiger partial charge in [-0.3, -0.25) is 0 Å². The van der Waals surface area contributed by atoms with Gasteiger partial charge in [-0.25, -0.2) is 9.97 Å². The average molecular weight is 372 g/mol. The van der Waals surface area contributed by atoms with Crippen molar-refractivity contribution >= 4 is 39.4 Å². The fraction of sp³-hybridized carbons (Fsp3) is 0.538. The van der Waals surface area contributed by atoms with Crippen molar-refractivity contribution in [2.75, 3.05) is 5.73 Å². The van der Waals surface area contributed by atoms with Crippen LogP contribution in [0.15, 0.2) is 12.5 Å². The largest absolute Gasteiger partial charge is 0.383 e. The van der Waals surface area contributed by atoms with E-state index in [0.29, 0.717) is 17.8 Å². The second-order valence-electron chi connectivity index (χ2n) is 5.09. The van der Waals surface area contributed by atoms with E-state index in [0.717, 1.165) is 27.4 Å². The summed E-state index contributed by atoms with van der Waals surface area (Å²) in [6.07, 6.45) is 6.03. The van der Waals surface area contributed by atoms with E-state index in [9.17, 15) is 0 Å². The quantitative estimate of drug-likeness (QED) is 0.824. The zero-order valence-electron chi connectivity index (χ0n) is 11.0. The Morgan fingerprint density at radius 2 is 2.32 bits per heavy atom. The van der Waals surface area contributed by atoms with E-state index in [1.807, 2.05) is 0 Å². The molecule has 0 amide bonds. The topological polar surface area (TPSA) is 66.0 Å². The molecule has 1 saturated heterocycles. The third kappa shape index (κ3) is 2.10. The van der Waals surface area contributed by atoms with Crippen LogP contribution in [0.3, 0.4) is 0 Å². The molecule has 2 aromatic heterocycles. The Labute approximate surface area is 125 Å². The molecular formula is C13H17IN4O. The maximum atomic E-state index is 6.13. The van der Waals surface area contributed by atoms with Crippen molar-refractivity contribution in [1.29, 1.82) is 0 Å². The highest BCUT2D eigenvalue weighted by atomic mass is 127. The maximum Gasteiger partial charge on any atom is 0.148 e. The van der Waals surface area contributed by atoms with Gasteiger partial charge < -0.3 is 15.0 Å². The first-order valence-corrected chi connectivity index (χ1v) is 7.61. The molecule has 19 heavy (non-hydrogen) atoms. The van der Waals surface area contributed by atoms with E-state index in [2.05, 4.69) is 57.2 Å². The van der Waals surface area contributed by atoms with Crippen molar-refractivity contribution in [3.05, 3.63) is 16.1 Å². The number of halogens is 1. The zero-order chi connectivity index (χ0) is 13.6. The van der Waals surface area contributed by atoms with E-state index < -0.39 is 0 Å². The zero-order valence-corrected chi connectivity index (χ0v) is 13.2. The number of nitrogens with two attached hydrogens (primary N) is 1. The molecule has 1 aliphatic rings. The van der Waals surface area contributed by atoms with Gasteiger partial charge in [0, 0.05) is 9.77 Å². The number of aromatic nitrogens is 3. The predicted octanol–water partition coefficient (Wildman–Crippen LogP) is 2.95. The van der Waals surface area contributed by atoms with Gasteiger partial charge in [0.05, 0.1) is 11.5 Å². The summed E-state index contributed by atoms with van der Waals surface area (Å²) < 4.78 is 9.30. The van der Waals surface area contributed by atoms with Crippen LogP contribution in [-0.2, 0) is 4.74 Å². The smallest absolute Gasteiger partial charge is 0.148 e. The summed E-state index contributed by atoms with van der Waals surface area (Å²) in [5, 5.41) is 0.930. The maximum absolute atomic E-state index is 6.13. The molecule has 0 saturated carbocycles. The van der Waals surface area contributed by atoms with Crippen molar-refractivity contribution in [3.63, 3.8) is 0 Å². The van der Waals surface area contributed by atoms with Crippen LogP contribution in [0, 0.1) is 9.49 Å². The first-order valence-electron chi connectivity index (χ1n) is 6.53. The molecule has 2 aromatic rings. The second-order valence-corrected chi connectivity index (χ2v) is 6.25. The number of anilines is 1. The first-order chi connectivity index (χ1) is 9.11. The SMILES string of the molecule is CC[C@H]1O[C@@H](n2cc(I)c3c(N)ncnc32)C[C@@H]1C. The van der Waals surface area contributed by atoms with E-state index in [-0.39, 0.29) is 6.23 Å². The van der Waals surface area contributed by atoms with E-state index in [1.165, 1.54) is 6.33 Å². The Kier molecular flexibility index (Phi) is 3.38. The van der Waals surface area contributed by atoms with Crippen molar-refractivity contribution < 1.29 is 4.74 Å². The number of ether oxygens (including phenoxy) is 1. The van der Waals surface area contributed by atoms with Gasteiger partial charge in [0.1, 0.15) is 24.0 Å². The third-order valence-electron chi connectivity index (χ3n) is 3.85. The Bertz CT molecular complexity index is 612. The highest BCUT2D eigenvalue weighted by Crippen LogP contribution is 2.37. The van der Waals surface area contributed by atoms with Gasteiger partial charge in [-0.1, -0.05) is 13.8 Å². The van der Waals surface area contributed by atoms with Crippen molar-refractivity contribution in [3.8, 4) is 0 Å². The molecule has 1 aliphatic heterocycles. The van der Waals surface area contributed by atoms with E-state index in [4.69, 9.17) is 10.5 Å². The average Bonchev–Trinajstić information content (AvgIpc) is 2.91. The molecule has 0 radical (unpaired) electrons. The summed E-state index contributed by atoms with van der Waals surface area (Å²) in [5.74, 6) is 1.11. The Morgan fingerprint density at radius 1 is 1.53 bits per heavy atom. The first kappa shape index (κ1) is 13.1. The fourth-order valence-electron chi connectivity index (χ4n) is 2.82. The molecule has 3 atom stereocenters. The van der Waals surface area contributed by atoms with Crippen LogP contribution in [0.2, 0.25) is 0 Å². The van der Waals surface area contributed by atoms with Gasteiger partial charge in [0.2, 0.25) is 0 Å². The number of rotatable bonds is 2. The lowest BCUT2D eigenvalue weighted by molar-refractivity contribution is -0.00280. The molecule has 0 aromatic carbocycles. The van der Waals surface area contributed by atoms with Gasteiger partial charge >= 0.3 is 0 Å². The lowest BCUT2D eigenvalue weighted by Gasteiger charge is -2.15. The van der Waals surface area contributed by atoms with Gasteiger partial charge in [-0.2, -0.15) is 0 Å². The molecule has 0 aliphatic carbocycles. The van der Waals surface area contributed by atoms with Gasteiger partial charge in [0.25, 0.3) is 0 Å². The third-order valence-corrected chi connectivity index (χ3v) is 4.66. The molecule has 6 heteroatoms. The second kappa shape index (κ2) is 4.90. The van der Waals surface area contributed by atoms with Gasteiger partial charge in [0.15, 0.2) is 0 Å². The molecule has 5 nitrogen and oxygen atoms in total. The fourth-order valence-corrected chi connectivity index (χ4v) is 3.64. The number of fused-ring (bicyclic) bond motifs is 1. The monoisotopic (exact) mass is 372 g/mol. The lowest BCUT2D eigenvalue weighted by atomic mass is 10.0. The van der Waals surface area contributed by atoms with Crippen molar-refractivity contribution in [1.82, 2.24) is 14.5 Å². The minimum absolute atomic E-state index is 0.0558. The molecule has 1 fully saturated rings. The molecule has 0 bridgehead atoms. The summed E-state index contributed by atoms with van der Waals surface area (Å²) in [7, 11) is 0.